The molecule has 0 bridgehead atoms. The standard InChI is InChI=1S/C16H21F2N3O2/c1-10(2)21-6-5-19-16(23)14(21)8-15(22)20-9-11-3-4-12(17)7-13(11)18/h3-4,7,10,14H,5-6,8-9H2,1-2H3,(H,19,23)(H,20,22)/t14-/m0/s1. The molecule has 0 saturated carbocycles. The second kappa shape index (κ2) is 7.50. The van der Waals surface area contributed by atoms with Crippen molar-refractivity contribution in [3.05, 3.63) is 35.4 Å². The number of nitrogens with zero attached hydrogens (tertiary/aromatic N) is 1. The first-order chi connectivity index (χ1) is 10.9. The molecule has 1 heterocycles. The minimum atomic E-state index is -0.704. The first-order valence-electron chi connectivity index (χ1n) is 7.62. The summed E-state index contributed by atoms with van der Waals surface area (Å²) in [7, 11) is 0. The van der Waals surface area contributed by atoms with Gasteiger partial charge >= 0.3 is 0 Å². The molecule has 7 heteroatoms. The van der Waals surface area contributed by atoms with Gasteiger partial charge in [-0.25, -0.2) is 8.78 Å². The smallest absolute Gasteiger partial charge is 0.237 e. The van der Waals surface area contributed by atoms with Gasteiger partial charge in [0.25, 0.3) is 0 Å². The van der Waals surface area contributed by atoms with Gasteiger partial charge in [0.2, 0.25) is 11.8 Å². The maximum atomic E-state index is 13.5. The van der Waals surface area contributed by atoms with E-state index in [0.29, 0.717) is 13.1 Å². The largest absolute Gasteiger partial charge is 0.353 e. The molecule has 0 spiro atoms. The maximum Gasteiger partial charge on any atom is 0.237 e. The lowest BCUT2D eigenvalue weighted by Crippen LogP contribution is -2.58. The number of hydrogen-bond donors (Lipinski definition) is 2. The molecular formula is C16H21F2N3O2. The fourth-order valence-corrected chi connectivity index (χ4v) is 2.67. The molecule has 1 fully saturated rings. The zero-order chi connectivity index (χ0) is 17.0. The average molecular weight is 325 g/mol. The van der Waals surface area contributed by atoms with Crippen molar-refractivity contribution in [3.8, 4) is 0 Å². The van der Waals surface area contributed by atoms with Crippen molar-refractivity contribution in [3.63, 3.8) is 0 Å². The molecule has 1 aliphatic rings. The van der Waals surface area contributed by atoms with E-state index >= 15 is 0 Å². The third-order valence-electron chi connectivity index (χ3n) is 3.91. The van der Waals surface area contributed by atoms with Crippen molar-refractivity contribution in [2.45, 2.75) is 38.9 Å². The summed E-state index contributed by atoms with van der Waals surface area (Å²) in [5, 5.41) is 5.33. The highest BCUT2D eigenvalue weighted by Crippen LogP contribution is 2.13. The Morgan fingerprint density at radius 1 is 1.43 bits per heavy atom. The summed E-state index contributed by atoms with van der Waals surface area (Å²) in [6.07, 6.45) is 0.00677. The van der Waals surface area contributed by atoms with Crippen LogP contribution in [0.25, 0.3) is 0 Å². The Morgan fingerprint density at radius 3 is 2.83 bits per heavy atom. The monoisotopic (exact) mass is 325 g/mol. The quantitative estimate of drug-likeness (QED) is 0.855. The molecule has 0 radical (unpaired) electrons. The Labute approximate surface area is 134 Å². The van der Waals surface area contributed by atoms with Gasteiger partial charge in [-0.3, -0.25) is 14.5 Å². The summed E-state index contributed by atoms with van der Waals surface area (Å²) in [5.41, 5.74) is 0.202. The van der Waals surface area contributed by atoms with Crippen molar-refractivity contribution >= 4 is 11.8 Å². The van der Waals surface area contributed by atoms with Crippen LogP contribution in [0.2, 0.25) is 0 Å². The van der Waals surface area contributed by atoms with Crippen LogP contribution in [0, 0.1) is 11.6 Å². The molecule has 1 aromatic carbocycles. The molecular weight excluding hydrogens is 304 g/mol. The van der Waals surface area contributed by atoms with Crippen LogP contribution in [-0.4, -0.2) is 41.9 Å². The molecule has 2 amide bonds. The molecule has 5 nitrogen and oxygen atoms in total. The van der Waals surface area contributed by atoms with Crippen molar-refractivity contribution in [2.75, 3.05) is 13.1 Å². The molecule has 0 aliphatic carbocycles. The number of halogens is 2. The second-order valence-electron chi connectivity index (χ2n) is 5.85. The van der Waals surface area contributed by atoms with Gasteiger partial charge in [0, 0.05) is 37.3 Å². The highest BCUT2D eigenvalue weighted by Gasteiger charge is 2.32. The number of amides is 2. The van der Waals surface area contributed by atoms with Crippen molar-refractivity contribution in [2.24, 2.45) is 0 Å². The van der Waals surface area contributed by atoms with Crippen LogP contribution in [0.15, 0.2) is 18.2 Å². The number of benzene rings is 1. The van der Waals surface area contributed by atoms with E-state index in [9.17, 15) is 18.4 Å². The summed E-state index contributed by atoms with van der Waals surface area (Å²) in [6.45, 7) is 5.15. The van der Waals surface area contributed by atoms with Crippen LogP contribution < -0.4 is 10.6 Å². The Morgan fingerprint density at radius 2 is 2.17 bits per heavy atom. The normalized spacial score (nSPS) is 18.8. The first-order valence-corrected chi connectivity index (χ1v) is 7.62. The first kappa shape index (κ1) is 17.3. The summed E-state index contributed by atoms with van der Waals surface area (Å²) >= 11 is 0. The van der Waals surface area contributed by atoms with E-state index < -0.39 is 17.7 Å². The Kier molecular flexibility index (Phi) is 5.65. The zero-order valence-corrected chi connectivity index (χ0v) is 13.2. The average Bonchev–Trinajstić information content (AvgIpc) is 2.48. The van der Waals surface area contributed by atoms with Crippen molar-refractivity contribution in [1.82, 2.24) is 15.5 Å². The van der Waals surface area contributed by atoms with Crippen molar-refractivity contribution < 1.29 is 18.4 Å². The predicted molar refractivity (Wildman–Crippen MR) is 81.5 cm³/mol. The van der Waals surface area contributed by atoms with Gasteiger partial charge in [0.05, 0.1) is 12.5 Å². The summed E-state index contributed by atoms with van der Waals surface area (Å²) in [4.78, 5) is 26.0. The van der Waals surface area contributed by atoms with Gasteiger partial charge in [-0.2, -0.15) is 0 Å². The molecule has 0 unspecified atom stereocenters. The molecule has 0 aromatic heterocycles. The van der Waals surface area contributed by atoms with Crippen LogP contribution in [0.1, 0.15) is 25.8 Å². The van der Waals surface area contributed by atoms with E-state index in [1.807, 2.05) is 18.7 Å². The highest BCUT2D eigenvalue weighted by atomic mass is 19.1. The van der Waals surface area contributed by atoms with Crippen LogP contribution in [-0.2, 0) is 16.1 Å². The lowest BCUT2D eigenvalue weighted by atomic mass is 10.1. The van der Waals surface area contributed by atoms with Crippen LogP contribution in [0.4, 0.5) is 8.78 Å². The predicted octanol–water partition coefficient (Wildman–Crippen LogP) is 1.18. The van der Waals surface area contributed by atoms with E-state index in [0.717, 1.165) is 12.1 Å². The SMILES string of the molecule is CC(C)N1CCNC(=O)[C@@H]1CC(=O)NCc1ccc(F)cc1F. The minimum absolute atomic E-state index is 0.00677. The van der Waals surface area contributed by atoms with Crippen molar-refractivity contribution in [1.29, 1.82) is 0 Å². The van der Waals surface area contributed by atoms with Gasteiger partial charge in [0.15, 0.2) is 0 Å². The van der Waals surface area contributed by atoms with Gasteiger partial charge in [-0.1, -0.05) is 6.07 Å². The van der Waals surface area contributed by atoms with Crippen LogP contribution in [0.3, 0.4) is 0 Å². The van der Waals surface area contributed by atoms with Gasteiger partial charge in [-0.05, 0) is 19.9 Å². The molecule has 1 atom stereocenters. The molecule has 23 heavy (non-hydrogen) atoms. The topological polar surface area (TPSA) is 61.4 Å². The minimum Gasteiger partial charge on any atom is -0.353 e. The number of rotatable bonds is 5. The van der Waals surface area contributed by atoms with E-state index in [2.05, 4.69) is 10.6 Å². The molecule has 1 aliphatic heterocycles. The number of carbonyl (C=O) groups excluding carboxylic acids is 2. The summed E-state index contributed by atoms with van der Waals surface area (Å²) < 4.78 is 26.4. The van der Waals surface area contributed by atoms with E-state index in [-0.39, 0.29) is 36.4 Å². The molecule has 126 valence electrons. The summed E-state index contributed by atoms with van der Waals surface area (Å²) in [5.74, 6) is -1.89. The van der Waals surface area contributed by atoms with Gasteiger partial charge in [0.1, 0.15) is 11.6 Å². The summed E-state index contributed by atoms with van der Waals surface area (Å²) in [6, 6.07) is 2.82. The maximum absolute atomic E-state index is 13.5. The number of piperazine rings is 1. The molecule has 1 aromatic rings. The van der Waals surface area contributed by atoms with Gasteiger partial charge < -0.3 is 10.6 Å². The molecule has 2 rings (SSSR count). The van der Waals surface area contributed by atoms with Crippen LogP contribution >= 0.6 is 0 Å². The van der Waals surface area contributed by atoms with E-state index in [1.165, 1.54) is 6.07 Å². The fraction of sp³-hybridized carbons (Fsp3) is 0.500. The van der Waals surface area contributed by atoms with Gasteiger partial charge in [-0.15, -0.1) is 0 Å². The Hall–Kier alpha value is -2.02. The highest BCUT2D eigenvalue weighted by molar-refractivity contribution is 5.88. The fourth-order valence-electron chi connectivity index (χ4n) is 2.67. The van der Waals surface area contributed by atoms with Crippen LogP contribution in [0.5, 0.6) is 0 Å². The lowest BCUT2D eigenvalue weighted by molar-refractivity contribution is -0.134. The lowest BCUT2D eigenvalue weighted by Gasteiger charge is -2.37. The molecule has 2 N–H and O–H groups in total. The number of carbonyl (C=O) groups is 2. The molecule has 1 saturated heterocycles. The Bertz CT molecular complexity index is 593. The number of hydrogen-bond acceptors (Lipinski definition) is 3. The van der Waals surface area contributed by atoms with E-state index in [1.54, 1.807) is 0 Å². The third kappa shape index (κ3) is 4.48. The zero-order valence-electron chi connectivity index (χ0n) is 13.2. The van der Waals surface area contributed by atoms with E-state index in [4.69, 9.17) is 0 Å². The second-order valence-corrected chi connectivity index (χ2v) is 5.85. The third-order valence-corrected chi connectivity index (χ3v) is 3.91. The number of nitrogens with one attached hydrogen (secondary N) is 2. The Balaban J connectivity index is 1.94.